The van der Waals surface area contributed by atoms with Crippen LogP contribution in [0.3, 0.4) is 0 Å². The van der Waals surface area contributed by atoms with Crippen LogP contribution < -0.4 is 9.47 Å². The van der Waals surface area contributed by atoms with Gasteiger partial charge in [0.1, 0.15) is 0 Å². The molecule has 0 spiro atoms. The number of rotatable bonds is 7. The average molecular weight is 307 g/mol. The lowest BCUT2D eigenvalue weighted by Gasteiger charge is -2.17. The first-order chi connectivity index (χ1) is 10.7. The molecule has 122 valence electrons. The smallest absolute Gasteiger partial charge is 0.306 e. The Morgan fingerprint density at radius 3 is 2.73 bits per heavy atom. The third-order valence-corrected chi connectivity index (χ3v) is 3.98. The highest BCUT2D eigenvalue weighted by molar-refractivity contribution is 5.69. The Labute approximate surface area is 132 Å². The fraction of sp³-hybridized carbons (Fsp3) is 0.588. The molecule has 5 heteroatoms. The Kier molecular flexibility index (Phi) is 6.07. The first kappa shape index (κ1) is 16.6. The molecule has 22 heavy (non-hydrogen) atoms. The summed E-state index contributed by atoms with van der Waals surface area (Å²) in [6.07, 6.45) is 1.57. The molecule has 1 aromatic carbocycles. The van der Waals surface area contributed by atoms with E-state index in [9.17, 15) is 4.79 Å². The highest BCUT2D eigenvalue weighted by atomic mass is 16.5. The van der Waals surface area contributed by atoms with Crippen LogP contribution in [0.4, 0.5) is 0 Å². The van der Waals surface area contributed by atoms with Gasteiger partial charge in [-0.2, -0.15) is 0 Å². The van der Waals surface area contributed by atoms with E-state index in [-0.39, 0.29) is 5.97 Å². The fourth-order valence-corrected chi connectivity index (χ4v) is 2.92. The van der Waals surface area contributed by atoms with E-state index in [1.807, 2.05) is 19.1 Å². The Bertz CT molecular complexity index is 503. The maximum Gasteiger partial charge on any atom is 0.306 e. The summed E-state index contributed by atoms with van der Waals surface area (Å²) in [5.41, 5.74) is 1.19. The van der Waals surface area contributed by atoms with Crippen molar-refractivity contribution in [3.8, 4) is 11.5 Å². The second-order valence-corrected chi connectivity index (χ2v) is 5.59. The number of ether oxygens (including phenoxy) is 3. The van der Waals surface area contributed by atoms with Gasteiger partial charge in [-0.15, -0.1) is 0 Å². The van der Waals surface area contributed by atoms with Crippen LogP contribution in [0.1, 0.15) is 25.3 Å². The molecule has 5 nitrogen and oxygen atoms in total. The zero-order chi connectivity index (χ0) is 15.9. The van der Waals surface area contributed by atoms with Crippen LogP contribution in [0.15, 0.2) is 18.2 Å². The minimum Gasteiger partial charge on any atom is -0.493 e. The van der Waals surface area contributed by atoms with Gasteiger partial charge in [0.2, 0.25) is 0 Å². The van der Waals surface area contributed by atoms with Gasteiger partial charge >= 0.3 is 5.97 Å². The summed E-state index contributed by atoms with van der Waals surface area (Å²) in [5.74, 6) is 1.81. The second kappa shape index (κ2) is 8.03. The van der Waals surface area contributed by atoms with E-state index in [4.69, 9.17) is 14.2 Å². The van der Waals surface area contributed by atoms with Gasteiger partial charge in [-0.25, -0.2) is 0 Å². The molecule has 1 fully saturated rings. The fourth-order valence-electron chi connectivity index (χ4n) is 2.92. The first-order valence-corrected chi connectivity index (χ1v) is 7.75. The van der Waals surface area contributed by atoms with Gasteiger partial charge in [0.25, 0.3) is 0 Å². The number of hydrogen-bond acceptors (Lipinski definition) is 5. The lowest BCUT2D eigenvalue weighted by molar-refractivity contribution is -0.144. The van der Waals surface area contributed by atoms with Gasteiger partial charge in [-0.1, -0.05) is 6.07 Å². The van der Waals surface area contributed by atoms with E-state index in [1.165, 1.54) is 5.56 Å². The highest BCUT2D eigenvalue weighted by Crippen LogP contribution is 2.29. The Morgan fingerprint density at radius 2 is 2.05 bits per heavy atom. The molecule has 0 bridgehead atoms. The SMILES string of the molecule is CCOC(=O)CC1CCN(Cc2ccc(OC)c(OC)c2)C1. The summed E-state index contributed by atoms with van der Waals surface area (Å²) in [6, 6.07) is 6.00. The Balaban J connectivity index is 1.88. The largest absolute Gasteiger partial charge is 0.493 e. The molecule has 0 amide bonds. The third-order valence-electron chi connectivity index (χ3n) is 3.98. The predicted octanol–water partition coefficient (Wildman–Crippen LogP) is 2.48. The molecule has 1 aliphatic heterocycles. The topological polar surface area (TPSA) is 48.0 Å². The minimum atomic E-state index is -0.0829. The summed E-state index contributed by atoms with van der Waals surface area (Å²) in [5, 5.41) is 0. The van der Waals surface area contributed by atoms with Gasteiger partial charge < -0.3 is 14.2 Å². The van der Waals surface area contributed by atoms with Crippen LogP contribution in [-0.4, -0.2) is 44.8 Å². The van der Waals surface area contributed by atoms with Crippen LogP contribution in [-0.2, 0) is 16.1 Å². The summed E-state index contributed by atoms with van der Waals surface area (Å²) in [4.78, 5) is 13.9. The molecular weight excluding hydrogens is 282 g/mol. The van der Waals surface area contributed by atoms with Crippen LogP contribution in [0, 0.1) is 5.92 Å². The summed E-state index contributed by atoms with van der Waals surface area (Å²) in [7, 11) is 3.28. The molecular formula is C17H25NO4. The highest BCUT2D eigenvalue weighted by Gasteiger charge is 2.25. The van der Waals surface area contributed by atoms with Crippen molar-refractivity contribution in [2.75, 3.05) is 33.9 Å². The minimum absolute atomic E-state index is 0.0829. The lowest BCUT2D eigenvalue weighted by Crippen LogP contribution is -2.21. The van der Waals surface area contributed by atoms with Crippen LogP contribution in [0.25, 0.3) is 0 Å². The lowest BCUT2D eigenvalue weighted by atomic mass is 10.1. The molecule has 0 radical (unpaired) electrons. The van der Waals surface area contributed by atoms with Crippen LogP contribution >= 0.6 is 0 Å². The first-order valence-electron chi connectivity index (χ1n) is 7.75. The molecule has 0 saturated carbocycles. The zero-order valence-corrected chi connectivity index (χ0v) is 13.6. The number of benzene rings is 1. The van der Waals surface area contributed by atoms with Gasteiger partial charge in [0.15, 0.2) is 11.5 Å². The van der Waals surface area contributed by atoms with Crippen LogP contribution in [0.2, 0.25) is 0 Å². The van der Waals surface area contributed by atoms with Crippen molar-refractivity contribution in [2.45, 2.75) is 26.3 Å². The van der Waals surface area contributed by atoms with Gasteiger partial charge in [-0.3, -0.25) is 9.69 Å². The maximum absolute atomic E-state index is 11.5. The predicted molar refractivity (Wildman–Crippen MR) is 84.2 cm³/mol. The van der Waals surface area contributed by atoms with E-state index < -0.39 is 0 Å². The van der Waals surface area contributed by atoms with Crippen molar-refractivity contribution in [3.63, 3.8) is 0 Å². The average Bonchev–Trinajstić information content (AvgIpc) is 2.94. The molecule has 1 aliphatic rings. The van der Waals surface area contributed by atoms with E-state index >= 15 is 0 Å². The molecule has 0 aromatic heterocycles. The molecule has 1 saturated heterocycles. The standard InChI is InChI=1S/C17H25NO4/c1-4-22-17(19)10-14-7-8-18(12-14)11-13-5-6-15(20-2)16(9-13)21-3/h5-6,9,14H,4,7-8,10-12H2,1-3H3. The number of carbonyl (C=O) groups excluding carboxylic acids is 1. The van der Waals surface area contributed by atoms with Crippen molar-refractivity contribution in [1.82, 2.24) is 4.90 Å². The normalized spacial score (nSPS) is 18.2. The van der Waals surface area contributed by atoms with Crippen molar-refractivity contribution in [3.05, 3.63) is 23.8 Å². The maximum atomic E-state index is 11.5. The van der Waals surface area contributed by atoms with Crippen molar-refractivity contribution < 1.29 is 19.0 Å². The van der Waals surface area contributed by atoms with Crippen molar-refractivity contribution >= 4 is 5.97 Å². The molecule has 1 atom stereocenters. The van der Waals surface area contributed by atoms with E-state index in [1.54, 1.807) is 14.2 Å². The molecule has 0 aliphatic carbocycles. The number of carbonyl (C=O) groups is 1. The molecule has 1 unspecified atom stereocenters. The molecule has 1 heterocycles. The molecule has 1 aromatic rings. The van der Waals surface area contributed by atoms with E-state index in [2.05, 4.69) is 11.0 Å². The number of nitrogens with zero attached hydrogens (tertiary/aromatic N) is 1. The van der Waals surface area contributed by atoms with Gasteiger partial charge in [0.05, 0.1) is 20.8 Å². The molecule has 2 rings (SSSR count). The number of esters is 1. The quantitative estimate of drug-likeness (QED) is 0.724. The number of likely N-dealkylation sites (tertiary alicyclic amines) is 1. The zero-order valence-electron chi connectivity index (χ0n) is 13.6. The van der Waals surface area contributed by atoms with Gasteiger partial charge in [-0.05, 0) is 43.5 Å². The summed E-state index contributed by atoms with van der Waals surface area (Å²) >= 11 is 0. The Morgan fingerprint density at radius 1 is 1.27 bits per heavy atom. The Hall–Kier alpha value is -1.75. The monoisotopic (exact) mass is 307 g/mol. The second-order valence-electron chi connectivity index (χ2n) is 5.59. The number of methoxy groups -OCH3 is 2. The van der Waals surface area contributed by atoms with Crippen molar-refractivity contribution in [1.29, 1.82) is 0 Å². The van der Waals surface area contributed by atoms with Gasteiger partial charge in [0, 0.05) is 19.5 Å². The summed E-state index contributed by atoms with van der Waals surface area (Å²) in [6.45, 7) is 5.11. The van der Waals surface area contributed by atoms with E-state index in [0.717, 1.165) is 37.6 Å². The van der Waals surface area contributed by atoms with Crippen LogP contribution in [0.5, 0.6) is 11.5 Å². The van der Waals surface area contributed by atoms with Crippen molar-refractivity contribution in [2.24, 2.45) is 5.92 Å². The summed E-state index contributed by atoms with van der Waals surface area (Å²) < 4.78 is 15.6. The third kappa shape index (κ3) is 4.37. The van der Waals surface area contributed by atoms with E-state index in [0.29, 0.717) is 18.9 Å². The molecule has 0 N–H and O–H groups in total. The number of hydrogen-bond donors (Lipinski definition) is 0.